The standard InChI is InChI=1S/C21H20N4O4/c1-13-16-4-2-3-5-17(16)21(29)25(13)12-19(27)23-10-14-6-8-15(9-7-14)20(28)24-11-18(22)26/h2-9H,1,10-12H2,(H2,22,26)(H,23,27)(H,24,28). The van der Waals surface area contributed by atoms with Crippen LogP contribution in [0.4, 0.5) is 0 Å². The highest BCUT2D eigenvalue weighted by molar-refractivity contribution is 6.10. The Labute approximate surface area is 167 Å². The van der Waals surface area contributed by atoms with Gasteiger partial charge in [-0.25, -0.2) is 0 Å². The summed E-state index contributed by atoms with van der Waals surface area (Å²) < 4.78 is 0. The maximum absolute atomic E-state index is 12.4. The molecule has 0 unspecified atom stereocenters. The van der Waals surface area contributed by atoms with Gasteiger partial charge in [0, 0.05) is 28.9 Å². The summed E-state index contributed by atoms with van der Waals surface area (Å²) in [5, 5.41) is 5.14. The first-order valence-electron chi connectivity index (χ1n) is 8.89. The van der Waals surface area contributed by atoms with Crippen molar-refractivity contribution in [3.63, 3.8) is 0 Å². The van der Waals surface area contributed by atoms with Crippen LogP contribution in [0.15, 0.2) is 55.1 Å². The number of carbonyl (C=O) groups excluding carboxylic acids is 4. The van der Waals surface area contributed by atoms with Gasteiger partial charge in [0.1, 0.15) is 6.54 Å². The summed E-state index contributed by atoms with van der Waals surface area (Å²) in [6.45, 7) is 3.79. The van der Waals surface area contributed by atoms with E-state index in [2.05, 4.69) is 17.2 Å². The quantitative estimate of drug-likeness (QED) is 0.640. The molecule has 1 aliphatic heterocycles. The van der Waals surface area contributed by atoms with E-state index in [0.29, 0.717) is 16.8 Å². The Kier molecular flexibility index (Phi) is 5.73. The highest BCUT2D eigenvalue weighted by atomic mass is 16.2. The second kappa shape index (κ2) is 8.39. The largest absolute Gasteiger partial charge is 0.368 e. The highest BCUT2D eigenvalue weighted by Gasteiger charge is 2.31. The number of benzene rings is 2. The molecular formula is C21H20N4O4. The molecule has 8 heteroatoms. The van der Waals surface area contributed by atoms with Gasteiger partial charge in [-0.3, -0.25) is 24.1 Å². The van der Waals surface area contributed by atoms with Crippen LogP contribution >= 0.6 is 0 Å². The smallest absolute Gasteiger partial charge is 0.259 e. The first kappa shape index (κ1) is 19.8. The molecule has 148 valence electrons. The monoisotopic (exact) mass is 392 g/mol. The van der Waals surface area contributed by atoms with Crippen LogP contribution in [0, 0.1) is 0 Å². The molecule has 4 N–H and O–H groups in total. The molecule has 8 nitrogen and oxygen atoms in total. The van der Waals surface area contributed by atoms with E-state index in [9.17, 15) is 19.2 Å². The van der Waals surface area contributed by atoms with E-state index in [1.807, 2.05) is 6.07 Å². The van der Waals surface area contributed by atoms with Gasteiger partial charge in [0.2, 0.25) is 11.8 Å². The second-order valence-electron chi connectivity index (χ2n) is 6.51. The lowest BCUT2D eigenvalue weighted by Crippen LogP contribution is -2.36. The zero-order chi connectivity index (χ0) is 21.0. The molecule has 2 aromatic carbocycles. The Bertz CT molecular complexity index is 963. The summed E-state index contributed by atoms with van der Waals surface area (Å²) in [6, 6.07) is 13.6. The Morgan fingerprint density at radius 1 is 0.966 bits per heavy atom. The average molecular weight is 392 g/mol. The Morgan fingerprint density at radius 2 is 1.62 bits per heavy atom. The van der Waals surface area contributed by atoms with E-state index < -0.39 is 11.8 Å². The Hall–Kier alpha value is -3.94. The van der Waals surface area contributed by atoms with Crippen LogP contribution in [0.3, 0.4) is 0 Å². The number of nitrogens with one attached hydrogen (secondary N) is 2. The van der Waals surface area contributed by atoms with Crippen molar-refractivity contribution >= 4 is 29.3 Å². The number of hydrogen-bond acceptors (Lipinski definition) is 4. The van der Waals surface area contributed by atoms with Gasteiger partial charge in [-0.15, -0.1) is 0 Å². The molecular weight excluding hydrogens is 372 g/mol. The minimum atomic E-state index is -0.625. The molecule has 0 saturated heterocycles. The summed E-state index contributed by atoms with van der Waals surface area (Å²) in [5.41, 5.74) is 7.91. The average Bonchev–Trinajstić information content (AvgIpc) is 2.96. The predicted molar refractivity (Wildman–Crippen MR) is 106 cm³/mol. The van der Waals surface area contributed by atoms with Crippen LogP contribution in [0.1, 0.15) is 31.8 Å². The number of rotatable bonds is 7. The third-order valence-electron chi connectivity index (χ3n) is 4.47. The Balaban J connectivity index is 1.52. The zero-order valence-corrected chi connectivity index (χ0v) is 15.6. The minimum absolute atomic E-state index is 0.125. The molecule has 0 atom stereocenters. The van der Waals surface area contributed by atoms with Gasteiger partial charge < -0.3 is 16.4 Å². The SMILES string of the molecule is C=C1c2ccccc2C(=O)N1CC(=O)NCc1ccc(C(=O)NCC(N)=O)cc1. The molecule has 3 rings (SSSR count). The highest BCUT2D eigenvalue weighted by Crippen LogP contribution is 2.30. The molecule has 0 radical (unpaired) electrons. The fourth-order valence-corrected chi connectivity index (χ4v) is 2.95. The van der Waals surface area contributed by atoms with Gasteiger partial charge in [-0.05, 0) is 23.8 Å². The molecule has 4 amide bonds. The molecule has 2 aromatic rings. The van der Waals surface area contributed by atoms with Crippen LogP contribution in [0.2, 0.25) is 0 Å². The number of nitrogens with two attached hydrogens (primary N) is 1. The van der Waals surface area contributed by atoms with E-state index in [4.69, 9.17) is 5.73 Å². The lowest BCUT2D eigenvalue weighted by atomic mass is 10.1. The molecule has 0 fully saturated rings. The molecule has 0 aromatic heterocycles. The summed E-state index contributed by atoms with van der Waals surface area (Å²) in [5.74, 6) is -1.60. The topological polar surface area (TPSA) is 122 Å². The minimum Gasteiger partial charge on any atom is -0.368 e. The van der Waals surface area contributed by atoms with E-state index in [0.717, 1.165) is 11.1 Å². The molecule has 1 aliphatic rings. The van der Waals surface area contributed by atoms with Crippen molar-refractivity contribution in [2.75, 3.05) is 13.1 Å². The number of fused-ring (bicyclic) bond motifs is 1. The van der Waals surface area contributed by atoms with Crippen LogP contribution in [-0.4, -0.2) is 41.6 Å². The van der Waals surface area contributed by atoms with Crippen molar-refractivity contribution in [2.24, 2.45) is 5.73 Å². The summed E-state index contributed by atoms with van der Waals surface area (Å²) in [6.07, 6.45) is 0. The molecule has 29 heavy (non-hydrogen) atoms. The molecule has 0 spiro atoms. The summed E-state index contributed by atoms with van der Waals surface area (Å²) in [7, 11) is 0. The van der Waals surface area contributed by atoms with Crippen molar-refractivity contribution in [1.29, 1.82) is 0 Å². The number of primary amides is 1. The first-order chi connectivity index (χ1) is 13.9. The van der Waals surface area contributed by atoms with E-state index >= 15 is 0 Å². The second-order valence-corrected chi connectivity index (χ2v) is 6.51. The van der Waals surface area contributed by atoms with Crippen molar-refractivity contribution in [2.45, 2.75) is 6.54 Å². The van der Waals surface area contributed by atoms with Gasteiger partial charge in [0.25, 0.3) is 11.8 Å². The van der Waals surface area contributed by atoms with E-state index in [-0.39, 0.29) is 31.4 Å². The van der Waals surface area contributed by atoms with Gasteiger partial charge >= 0.3 is 0 Å². The molecule has 1 heterocycles. The number of amides is 4. The fraction of sp³-hybridized carbons (Fsp3) is 0.143. The third kappa shape index (κ3) is 4.49. The van der Waals surface area contributed by atoms with Gasteiger partial charge in [0.05, 0.1) is 6.54 Å². The van der Waals surface area contributed by atoms with Crippen molar-refractivity contribution < 1.29 is 19.2 Å². The lowest BCUT2D eigenvalue weighted by molar-refractivity contribution is -0.121. The van der Waals surface area contributed by atoms with Crippen LogP contribution < -0.4 is 16.4 Å². The van der Waals surface area contributed by atoms with Crippen molar-refractivity contribution in [3.8, 4) is 0 Å². The summed E-state index contributed by atoms with van der Waals surface area (Å²) in [4.78, 5) is 48.6. The zero-order valence-electron chi connectivity index (χ0n) is 15.6. The summed E-state index contributed by atoms with van der Waals surface area (Å²) >= 11 is 0. The van der Waals surface area contributed by atoms with Crippen LogP contribution in [-0.2, 0) is 16.1 Å². The van der Waals surface area contributed by atoms with Crippen molar-refractivity contribution in [1.82, 2.24) is 15.5 Å². The van der Waals surface area contributed by atoms with E-state index in [1.165, 1.54) is 4.90 Å². The fourth-order valence-electron chi connectivity index (χ4n) is 2.95. The molecule has 0 saturated carbocycles. The van der Waals surface area contributed by atoms with Gasteiger partial charge in [-0.1, -0.05) is 36.9 Å². The van der Waals surface area contributed by atoms with Gasteiger partial charge in [-0.2, -0.15) is 0 Å². The maximum atomic E-state index is 12.4. The van der Waals surface area contributed by atoms with Crippen molar-refractivity contribution in [3.05, 3.63) is 77.4 Å². The number of nitrogens with zero attached hydrogens (tertiary/aromatic N) is 1. The van der Waals surface area contributed by atoms with E-state index in [1.54, 1.807) is 42.5 Å². The van der Waals surface area contributed by atoms with Crippen LogP contribution in [0.5, 0.6) is 0 Å². The first-order valence-corrected chi connectivity index (χ1v) is 8.89. The molecule has 0 aliphatic carbocycles. The van der Waals surface area contributed by atoms with Crippen LogP contribution in [0.25, 0.3) is 5.70 Å². The maximum Gasteiger partial charge on any atom is 0.259 e. The number of hydrogen-bond donors (Lipinski definition) is 3. The lowest BCUT2D eigenvalue weighted by Gasteiger charge is -2.17. The predicted octanol–water partition coefficient (Wildman–Crippen LogP) is 0.645. The van der Waals surface area contributed by atoms with Gasteiger partial charge in [0.15, 0.2) is 0 Å². The third-order valence-corrected chi connectivity index (χ3v) is 4.47. The number of carbonyl (C=O) groups is 4. The normalized spacial score (nSPS) is 12.5. The Morgan fingerprint density at radius 3 is 2.24 bits per heavy atom. The molecule has 0 bridgehead atoms.